The van der Waals surface area contributed by atoms with Crippen LogP contribution >= 0.6 is 0 Å². The molecule has 0 aliphatic carbocycles. The number of benzene rings is 2. The van der Waals surface area contributed by atoms with Crippen molar-refractivity contribution in [1.82, 2.24) is 0 Å². The zero-order valence-corrected chi connectivity index (χ0v) is 15.1. The Morgan fingerprint density at radius 2 is 1.70 bits per heavy atom. The van der Waals surface area contributed by atoms with Crippen LogP contribution in [0.4, 0.5) is 5.69 Å². The Hall–Kier alpha value is -2.01. The normalized spacial score (nSPS) is 11.3. The summed E-state index contributed by atoms with van der Waals surface area (Å²) in [7, 11) is -2.04. The lowest BCUT2D eigenvalue weighted by molar-refractivity contribution is 0.411. The van der Waals surface area contributed by atoms with E-state index in [4.69, 9.17) is 4.74 Å². The van der Waals surface area contributed by atoms with Gasteiger partial charge in [-0.15, -0.1) is 0 Å². The molecule has 0 bridgehead atoms. The molecule has 0 aliphatic heterocycles. The summed E-state index contributed by atoms with van der Waals surface area (Å²) in [5.74, 6) is 0.679. The van der Waals surface area contributed by atoms with Crippen molar-refractivity contribution in [3.05, 3.63) is 53.1 Å². The predicted molar refractivity (Wildman–Crippen MR) is 93.9 cm³/mol. The van der Waals surface area contributed by atoms with E-state index in [9.17, 15) is 8.42 Å². The molecule has 23 heavy (non-hydrogen) atoms. The third-order valence-electron chi connectivity index (χ3n) is 3.86. The van der Waals surface area contributed by atoms with Gasteiger partial charge in [-0.05, 0) is 63.1 Å². The highest BCUT2D eigenvalue weighted by Gasteiger charge is 2.25. The Kier molecular flexibility index (Phi) is 5.00. The van der Waals surface area contributed by atoms with Gasteiger partial charge in [0.25, 0.3) is 10.0 Å². The van der Waals surface area contributed by atoms with Crippen molar-refractivity contribution in [2.75, 3.05) is 18.0 Å². The molecule has 0 N–H and O–H groups in total. The fourth-order valence-corrected chi connectivity index (χ4v) is 4.32. The van der Waals surface area contributed by atoms with E-state index in [1.54, 1.807) is 25.3 Å². The van der Waals surface area contributed by atoms with Crippen LogP contribution in [0.1, 0.15) is 23.6 Å². The molecule has 0 aliphatic rings. The van der Waals surface area contributed by atoms with Gasteiger partial charge in [-0.1, -0.05) is 17.7 Å². The summed E-state index contributed by atoms with van der Waals surface area (Å²) >= 11 is 0. The Balaban J connectivity index is 2.53. The zero-order chi connectivity index (χ0) is 17.2. The van der Waals surface area contributed by atoms with Gasteiger partial charge in [0.2, 0.25) is 0 Å². The molecule has 0 atom stereocenters. The third-order valence-corrected chi connectivity index (χ3v) is 5.75. The average molecular weight is 333 g/mol. The van der Waals surface area contributed by atoms with Gasteiger partial charge in [-0.3, -0.25) is 4.31 Å². The van der Waals surface area contributed by atoms with Gasteiger partial charge >= 0.3 is 0 Å². The standard InChI is InChI=1S/C18H23NO3S/c1-6-19(17-9-7-13(2)11-14(17)3)23(20,21)16-8-10-18(22-5)15(4)12-16/h7-12H,6H2,1-5H3. The molecule has 0 heterocycles. The molecule has 2 aromatic carbocycles. The molecule has 0 saturated heterocycles. The molecule has 0 spiro atoms. The summed E-state index contributed by atoms with van der Waals surface area (Å²) in [5, 5.41) is 0. The maximum atomic E-state index is 13.0. The smallest absolute Gasteiger partial charge is 0.264 e. The molecule has 0 fully saturated rings. The van der Waals surface area contributed by atoms with E-state index in [-0.39, 0.29) is 4.90 Å². The fraction of sp³-hybridized carbons (Fsp3) is 0.333. The van der Waals surface area contributed by atoms with Crippen LogP contribution in [0.25, 0.3) is 0 Å². The lowest BCUT2D eigenvalue weighted by Crippen LogP contribution is -2.31. The summed E-state index contributed by atoms with van der Waals surface area (Å²) in [6.07, 6.45) is 0. The first kappa shape index (κ1) is 17.3. The summed E-state index contributed by atoms with van der Waals surface area (Å²) in [4.78, 5) is 0.276. The van der Waals surface area contributed by atoms with Gasteiger partial charge in [0.15, 0.2) is 0 Å². The monoisotopic (exact) mass is 333 g/mol. The highest BCUT2D eigenvalue weighted by molar-refractivity contribution is 7.92. The van der Waals surface area contributed by atoms with Crippen molar-refractivity contribution in [2.24, 2.45) is 0 Å². The topological polar surface area (TPSA) is 46.6 Å². The van der Waals surface area contributed by atoms with Crippen LogP contribution in [-0.2, 0) is 10.0 Å². The predicted octanol–water partition coefficient (Wildman–Crippen LogP) is 3.84. The van der Waals surface area contributed by atoms with Gasteiger partial charge in [0.05, 0.1) is 17.7 Å². The van der Waals surface area contributed by atoms with E-state index in [2.05, 4.69) is 0 Å². The lowest BCUT2D eigenvalue weighted by Gasteiger charge is -2.25. The Morgan fingerprint density at radius 3 is 2.22 bits per heavy atom. The van der Waals surface area contributed by atoms with Crippen molar-refractivity contribution in [3.8, 4) is 5.75 Å². The van der Waals surface area contributed by atoms with Crippen molar-refractivity contribution in [2.45, 2.75) is 32.6 Å². The minimum Gasteiger partial charge on any atom is -0.496 e. The summed E-state index contributed by atoms with van der Waals surface area (Å²) in [6, 6.07) is 10.7. The van der Waals surface area contributed by atoms with Crippen LogP contribution in [0.3, 0.4) is 0 Å². The molecular formula is C18H23NO3S. The van der Waals surface area contributed by atoms with Gasteiger partial charge < -0.3 is 4.74 Å². The lowest BCUT2D eigenvalue weighted by atomic mass is 10.1. The summed E-state index contributed by atoms with van der Waals surface area (Å²) in [6.45, 7) is 7.98. The van der Waals surface area contributed by atoms with Crippen LogP contribution in [0, 0.1) is 20.8 Å². The first-order valence-corrected chi connectivity index (χ1v) is 9.00. The molecular weight excluding hydrogens is 310 g/mol. The fourth-order valence-electron chi connectivity index (χ4n) is 2.69. The Morgan fingerprint density at radius 1 is 1.00 bits per heavy atom. The number of rotatable bonds is 5. The van der Waals surface area contributed by atoms with E-state index < -0.39 is 10.0 Å². The minimum atomic E-state index is -3.61. The molecule has 0 radical (unpaired) electrons. The molecule has 4 nitrogen and oxygen atoms in total. The second-order valence-electron chi connectivity index (χ2n) is 5.59. The molecule has 124 valence electrons. The van der Waals surface area contributed by atoms with E-state index in [0.29, 0.717) is 18.0 Å². The van der Waals surface area contributed by atoms with Gasteiger partial charge in [0.1, 0.15) is 5.75 Å². The molecule has 0 aromatic heterocycles. The van der Waals surface area contributed by atoms with Crippen LogP contribution in [0.2, 0.25) is 0 Å². The number of hydrogen-bond donors (Lipinski definition) is 0. The molecule has 0 amide bonds. The number of nitrogens with zero attached hydrogens (tertiary/aromatic N) is 1. The number of methoxy groups -OCH3 is 1. The largest absolute Gasteiger partial charge is 0.496 e. The molecule has 0 unspecified atom stereocenters. The number of aryl methyl sites for hydroxylation is 3. The quantitative estimate of drug-likeness (QED) is 0.835. The average Bonchev–Trinajstić information content (AvgIpc) is 2.49. The van der Waals surface area contributed by atoms with Gasteiger partial charge in [0, 0.05) is 6.54 Å². The van der Waals surface area contributed by atoms with E-state index in [0.717, 1.165) is 16.7 Å². The van der Waals surface area contributed by atoms with Crippen LogP contribution < -0.4 is 9.04 Å². The minimum absolute atomic E-state index is 0.276. The second-order valence-corrected chi connectivity index (χ2v) is 7.45. The van der Waals surface area contributed by atoms with Crippen LogP contribution in [0.15, 0.2) is 41.3 Å². The van der Waals surface area contributed by atoms with Crippen molar-refractivity contribution in [1.29, 1.82) is 0 Å². The summed E-state index contributed by atoms with van der Waals surface area (Å²) < 4.78 is 32.7. The SMILES string of the molecule is CCN(c1ccc(C)cc1C)S(=O)(=O)c1ccc(OC)c(C)c1. The Bertz CT molecular complexity index is 813. The van der Waals surface area contributed by atoms with E-state index in [1.807, 2.05) is 45.9 Å². The maximum absolute atomic E-state index is 13.0. The van der Waals surface area contributed by atoms with Crippen LogP contribution in [0.5, 0.6) is 5.75 Å². The number of ether oxygens (including phenoxy) is 1. The highest BCUT2D eigenvalue weighted by Crippen LogP contribution is 2.29. The van der Waals surface area contributed by atoms with E-state index in [1.165, 1.54) is 4.31 Å². The van der Waals surface area contributed by atoms with E-state index >= 15 is 0 Å². The second kappa shape index (κ2) is 6.62. The number of hydrogen-bond acceptors (Lipinski definition) is 3. The highest BCUT2D eigenvalue weighted by atomic mass is 32.2. The summed E-state index contributed by atoms with van der Waals surface area (Å²) in [5.41, 5.74) is 3.57. The molecule has 5 heteroatoms. The van der Waals surface area contributed by atoms with Crippen molar-refractivity contribution >= 4 is 15.7 Å². The number of anilines is 1. The first-order chi connectivity index (χ1) is 10.8. The Labute approximate surface area is 138 Å². The zero-order valence-electron chi connectivity index (χ0n) is 14.3. The molecule has 0 saturated carbocycles. The number of sulfonamides is 1. The van der Waals surface area contributed by atoms with Crippen molar-refractivity contribution < 1.29 is 13.2 Å². The maximum Gasteiger partial charge on any atom is 0.264 e. The molecule has 2 rings (SSSR count). The van der Waals surface area contributed by atoms with Crippen molar-refractivity contribution in [3.63, 3.8) is 0 Å². The van der Waals surface area contributed by atoms with Gasteiger partial charge in [-0.25, -0.2) is 8.42 Å². The van der Waals surface area contributed by atoms with Gasteiger partial charge in [-0.2, -0.15) is 0 Å². The third kappa shape index (κ3) is 3.34. The molecule has 2 aromatic rings. The van der Waals surface area contributed by atoms with Crippen LogP contribution in [-0.4, -0.2) is 22.1 Å². The first-order valence-electron chi connectivity index (χ1n) is 7.56.